The van der Waals surface area contributed by atoms with Gasteiger partial charge in [-0.1, -0.05) is 13.8 Å². The van der Waals surface area contributed by atoms with Gasteiger partial charge in [-0.05, 0) is 25.8 Å². The lowest BCUT2D eigenvalue weighted by Gasteiger charge is -1.99. The first-order valence-corrected chi connectivity index (χ1v) is 3.75. The Morgan fingerprint density at radius 2 is 1.91 bits per heavy atom. The average Bonchev–Trinajstić information content (AvgIpc) is 1.86. The van der Waals surface area contributed by atoms with Gasteiger partial charge in [0.25, 0.3) is 0 Å². The van der Waals surface area contributed by atoms with Crippen molar-refractivity contribution in [3.63, 3.8) is 0 Å². The second-order valence-electron chi connectivity index (χ2n) is 2.85. The predicted octanol–water partition coefficient (Wildman–Crippen LogP) is 2.21. The lowest BCUT2D eigenvalue weighted by atomic mass is 10.1. The summed E-state index contributed by atoms with van der Waals surface area (Å²) in [5.41, 5.74) is 1.04. The zero-order valence-corrected chi connectivity index (χ0v) is 7.59. The minimum Gasteiger partial charge on any atom is -0.295 e. The van der Waals surface area contributed by atoms with Crippen molar-refractivity contribution >= 4 is 11.5 Å². The van der Waals surface area contributed by atoms with Crippen molar-refractivity contribution in [3.05, 3.63) is 12.3 Å². The van der Waals surface area contributed by atoms with Crippen LogP contribution in [-0.4, -0.2) is 11.5 Å². The van der Waals surface area contributed by atoms with Crippen molar-refractivity contribution in [3.8, 4) is 0 Å². The van der Waals surface area contributed by atoms with Crippen LogP contribution in [0.4, 0.5) is 0 Å². The first kappa shape index (κ1) is 10.1. The molecule has 0 bridgehead atoms. The van der Waals surface area contributed by atoms with E-state index in [9.17, 15) is 4.79 Å². The van der Waals surface area contributed by atoms with Gasteiger partial charge in [0.15, 0.2) is 5.78 Å². The van der Waals surface area contributed by atoms with E-state index >= 15 is 0 Å². The van der Waals surface area contributed by atoms with Gasteiger partial charge in [0.2, 0.25) is 0 Å². The third kappa shape index (κ3) is 5.52. The molecule has 0 aromatic heterocycles. The molecule has 0 spiro atoms. The van der Waals surface area contributed by atoms with Crippen LogP contribution < -0.4 is 0 Å². The summed E-state index contributed by atoms with van der Waals surface area (Å²) in [6, 6.07) is 0. The largest absolute Gasteiger partial charge is 0.295 e. The van der Waals surface area contributed by atoms with Gasteiger partial charge in [-0.25, -0.2) is 0 Å². The van der Waals surface area contributed by atoms with E-state index in [-0.39, 0.29) is 5.78 Å². The summed E-state index contributed by atoms with van der Waals surface area (Å²) in [6.45, 7) is 7.60. The second kappa shape index (κ2) is 4.83. The summed E-state index contributed by atoms with van der Waals surface area (Å²) in [5, 5.41) is 0. The molecule has 0 aromatic rings. The molecule has 0 N–H and O–H groups in total. The second-order valence-corrected chi connectivity index (χ2v) is 2.85. The number of carbonyl (C=O) groups is 1. The lowest BCUT2D eigenvalue weighted by Crippen LogP contribution is -2.00. The first-order chi connectivity index (χ1) is 5.04. The van der Waals surface area contributed by atoms with Crippen molar-refractivity contribution in [1.82, 2.24) is 0 Å². The lowest BCUT2D eigenvalue weighted by molar-refractivity contribution is -0.112. The minimum absolute atomic E-state index is 0.0327. The van der Waals surface area contributed by atoms with Gasteiger partial charge in [0, 0.05) is 11.9 Å². The zero-order valence-electron chi connectivity index (χ0n) is 7.59. The molecule has 0 aliphatic rings. The van der Waals surface area contributed by atoms with Crippen LogP contribution in [-0.2, 0) is 4.79 Å². The number of carbonyl (C=O) groups excluding carboxylic acids is 1. The fourth-order valence-electron chi connectivity index (χ4n) is 0.409. The molecule has 0 heterocycles. The Kier molecular flexibility index (Phi) is 4.42. The maximum absolute atomic E-state index is 10.4. The number of allylic oxidation sites excluding steroid dienone is 1. The van der Waals surface area contributed by atoms with E-state index in [1.807, 2.05) is 6.92 Å². The summed E-state index contributed by atoms with van der Waals surface area (Å²) >= 11 is 0. The van der Waals surface area contributed by atoms with Crippen molar-refractivity contribution in [1.29, 1.82) is 0 Å². The molecule has 0 rings (SSSR count). The Hall–Kier alpha value is -0.920. The molecule has 0 radical (unpaired) electrons. The Labute approximate surface area is 68.0 Å². The number of ketones is 1. The molecule has 0 aromatic carbocycles. The quantitative estimate of drug-likeness (QED) is 0.451. The molecule has 2 nitrogen and oxygen atoms in total. The van der Waals surface area contributed by atoms with Crippen LogP contribution in [0, 0.1) is 5.92 Å². The van der Waals surface area contributed by atoms with E-state index in [1.165, 1.54) is 13.0 Å². The Morgan fingerprint density at radius 3 is 2.27 bits per heavy atom. The van der Waals surface area contributed by atoms with E-state index in [4.69, 9.17) is 0 Å². The van der Waals surface area contributed by atoms with E-state index in [0.29, 0.717) is 5.92 Å². The summed E-state index contributed by atoms with van der Waals surface area (Å²) in [4.78, 5) is 14.5. The van der Waals surface area contributed by atoms with Crippen molar-refractivity contribution in [2.75, 3.05) is 0 Å². The highest BCUT2D eigenvalue weighted by Gasteiger charge is 1.94. The van der Waals surface area contributed by atoms with Gasteiger partial charge in [-0.3, -0.25) is 9.79 Å². The maximum atomic E-state index is 10.4. The van der Waals surface area contributed by atoms with Gasteiger partial charge in [-0.2, -0.15) is 0 Å². The summed E-state index contributed by atoms with van der Waals surface area (Å²) in [5.74, 6) is 0.483. The monoisotopic (exact) mass is 153 g/mol. The van der Waals surface area contributed by atoms with Crippen LogP contribution in [0.5, 0.6) is 0 Å². The van der Waals surface area contributed by atoms with E-state index in [1.54, 1.807) is 6.20 Å². The van der Waals surface area contributed by atoms with Crippen LogP contribution in [0.15, 0.2) is 17.3 Å². The third-order valence-electron chi connectivity index (χ3n) is 1.42. The standard InChI is InChI=1S/C9H15NO/c1-7(2)9(4)10-6-5-8(3)11/h5-7H,1-4H3/b6-5-,10-9+. The zero-order chi connectivity index (χ0) is 8.85. The molecule has 0 aliphatic heterocycles. The summed E-state index contributed by atoms with van der Waals surface area (Å²) < 4.78 is 0. The maximum Gasteiger partial charge on any atom is 0.154 e. The van der Waals surface area contributed by atoms with Crippen LogP contribution in [0.2, 0.25) is 0 Å². The molecule has 0 aliphatic carbocycles. The smallest absolute Gasteiger partial charge is 0.154 e. The highest BCUT2D eigenvalue weighted by molar-refractivity contribution is 5.88. The number of rotatable bonds is 3. The van der Waals surface area contributed by atoms with Gasteiger partial charge in [0.05, 0.1) is 0 Å². The number of hydrogen-bond donors (Lipinski definition) is 0. The topological polar surface area (TPSA) is 29.4 Å². The van der Waals surface area contributed by atoms with Gasteiger partial charge in [-0.15, -0.1) is 0 Å². The van der Waals surface area contributed by atoms with Crippen LogP contribution in [0.3, 0.4) is 0 Å². The van der Waals surface area contributed by atoms with E-state index in [2.05, 4.69) is 18.8 Å². The van der Waals surface area contributed by atoms with Crippen molar-refractivity contribution < 1.29 is 4.79 Å². The van der Waals surface area contributed by atoms with Crippen LogP contribution in [0.1, 0.15) is 27.7 Å². The fraction of sp³-hybridized carbons (Fsp3) is 0.556. The van der Waals surface area contributed by atoms with Crippen LogP contribution in [0.25, 0.3) is 0 Å². The number of hydrogen-bond acceptors (Lipinski definition) is 2. The molecular weight excluding hydrogens is 138 g/mol. The molecule has 0 atom stereocenters. The highest BCUT2D eigenvalue weighted by atomic mass is 16.1. The van der Waals surface area contributed by atoms with Crippen molar-refractivity contribution in [2.24, 2.45) is 10.9 Å². The normalized spacial score (nSPS) is 13.0. The molecule has 62 valence electrons. The van der Waals surface area contributed by atoms with E-state index < -0.39 is 0 Å². The molecule has 0 fully saturated rings. The van der Waals surface area contributed by atoms with Gasteiger partial charge < -0.3 is 0 Å². The van der Waals surface area contributed by atoms with Crippen LogP contribution >= 0.6 is 0 Å². The SMILES string of the molecule is CC(=O)/C=C\N=C(/C)C(C)C. The Morgan fingerprint density at radius 1 is 1.36 bits per heavy atom. The molecule has 0 saturated carbocycles. The van der Waals surface area contributed by atoms with E-state index in [0.717, 1.165) is 5.71 Å². The summed E-state index contributed by atoms with van der Waals surface area (Å²) in [7, 11) is 0. The minimum atomic E-state index is 0.0327. The predicted molar refractivity (Wildman–Crippen MR) is 47.8 cm³/mol. The Balaban J connectivity index is 4.01. The number of aliphatic imine (C=N–C) groups is 1. The molecule has 0 unspecified atom stereocenters. The number of nitrogens with zero attached hydrogens (tertiary/aromatic N) is 1. The highest BCUT2D eigenvalue weighted by Crippen LogP contribution is 1.96. The third-order valence-corrected chi connectivity index (χ3v) is 1.42. The summed E-state index contributed by atoms with van der Waals surface area (Å²) in [6.07, 6.45) is 3.02. The molecule has 11 heavy (non-hydrogen) atoms. The molecule has 2 heteroatoms. The Bertz CT molecular complexity index is 190. The van der Waals surface area contributed by atoms with Gasteiger partial charge in [0.1, 0.15) is 0 Å². The first-order valence-electron chi connectivity index (χ1n) is 3.75. The molecule has 0 saturated heterocycles. The van der Waals surface area contributed by atoms with Crippen molar-refractivity contribution in [2.45, 2.75) is 27.7 Å². The fourth-order valence-corrected chi connectivity index (χ4v) is 0.409. The average molecular weight is 153 g/mol. The molecule has 0 amide bonds. The molecular formula is C9H15NO. The van der Waals surface area contributed by atoms with Gasteiger partial charge >= 0.3 is 0 Å².